The van der Waals surface area contributed by atoms with Crippen LogP contribution in [0.15, 0.2) is 29.8 Å². The van der Waals surface area contributed by atoms with Crippen LogP contribution in [0.4, 0.5) is 10.1 Å². The van der Waals surface area contributed by atoms with E-state index in [4.69, 9.17) is 16.3 Å². The van der Waals surface area contributed by atoms with Crippen molar-refractivity contribution in [2.75, 3.05) is 19.0 Å². The number of hydrogen-bond acceptors (Lipinski definition) is 2. The van der Waals surface area contributed by atoms with Crippen LogP contribution in [-0.2, 0) is 0 Å². The summed E-state index contributed by atoms with van der Waals surface area (Å²) in [5.74, 6) is 0.303. The normalized spacial score (nSPS) is 10.5. The van der Waals surface area contributed by atoms with E-state index in [1.165, 1.54) is 18.7 Å². The molecule has 0 saturated carbocycles. The van der Waals surface area contributed by atoms with Crippen molar-refractivity contribution in [2.24, 2.45) is 0 Å². The van der Waals surface area contributed by atoms with Crippen LogP contribution < -0.4 is 10.1 Å². The van der Waals surface area contributed by atoms with Gasteiger partial charge in [-0.25, -0.2) is 4.39 Å². The number of halogens is 2. The Hall–Kier alpha value is -1.22. The van der Waals surface area contributed by atoms with E-state index in [-0.39, 0.29) is 5.82 Å². The predicted molar refractivity (Wildman–Crippen MR) is 56.4 cm³/mol. The Labute approximate surface area is 87.3 Å². The van der Waals surface area contributed by atoms with E-state index in [9.17, 15) is 4.39 Å². The van der Waals surface area contributed by atoms with Gasteiger partial charge in [0.25, 0.3) is 0 Å². The summed E-state index contributed by atoms with van der Waals surface area (Å²) in [5, 5.41) is 2.86. The zero-order valence-electron chi connectivity index (χ0n) is 7.76. The third-order valence-corrected chi connectivity index (χ3v) is 1.85. The van der Waals surface area contributed by atoms with Gasteiger partial charge in [-0.05, 0) is 12.1 Å². The van der Waals surface area contributed by atoms with Crippen molar-refractivity contribution in [3.8, 4) is 5.75 Å². The van der Waals surface area contributed by atoms with Crippen molar-refractivity contribution in [2.45, 2.75) is 0 Å². The molecule has 1 aromatic carbocycles. The van der Waals surface area contributed by atoms with Gasteiger partial charge >= 0.3 is 0 Å². The molecule has 1 aromatic rings. The number of methoxy groups -OCH3 is 1. The summed E-state index contributed by atoms with van der Waals surface area (Å²) in [4.78, 5) is 0. The maximum atomic E-state index is 13.2. The predicted octanol–water partition coefficient (Wildman–Crippen LogP) is 3.00. The van der Waals surface area contributed by atoms with Crippen LogP contribution in [0.5, 0.6) is 5.75 Å². The van der Waals surface area contributed by atoms with E-state index in [1.54, 1.807) is 18.2 Å². The molecule has 1 rings (SSSR count). The second-order valence-corrected chi connectivity index (χ2v) is 2.84. The van der Waals surface area contributed by atoms with Crippen LogP contribution in [0, 0.1) is 5.82 Å². The second kappa shape index (κ2) is 5.50. The molecular formula is C10H11ClFNO. The molecule has 0 atom stereocenters. The number of benzene rings is 1. The van der Waals surface area contributed by atoms with Gasteiger partial charge in [0.05, 0.1) is 12.8 Å². The molecule has 0 radical (unpaired) electrons. The Morgan fingerprint density at radius 1 is 1.57 bits per heavy atom. The smallest absolute Gasteiger partial charge is 0.146 e. The minimum Gasteiger partial charge on any atom is -0.497 e. The number of rotatable bonds is 4. The van der Waals surface area contributed by atoms with E-state index in [2.05, 4.69) is 5.32 Å². The molecule has 4 heteroatoms. The van der Waals surface area contributed by atoms with Gasteiger partial charge in [0, 0.05) is 18.1 Å². The highest BCUT2D eigenvalue weighted by molar-refractivity contribution is 6.25. The van der Waals surface area contributed by atoms with E-state index in [1.807, 2.05) is 0 Å². The van der Waals surface area contributed by atoms with Crippen molar-refractivity contribution in [3.05, 3.63) is 35.6 Å². The highest BCUT2D eigenvalue weighted by Gasteiger charge is 2.01. The Bertz CT molecular complexity index is 328. The largest absolute Gasteiger partial charge is 0.497 e. The van der Waals surface area contributed by atoms with Crippen LogP contribution in [0.2, 0.25) is 0 Å². The van der Waals surface area contributed by atoms with Crippen molar-refractivity contribution in [3.63, 3.8) is 0 Å². The molecule has 76 valence electrons. The Kier molecular flexibility index (Phi) is 4.26. The van der Waals surface area contributed by atoms with Gasteiger partial charge < -0.3 is 10.1 Å². The standard InChI is InChI=1S/C10H11ClFNO/c1-14-8-3-4-9(12)10(7-8)13-6-2-5-11/h2-5,7,13H,6H2,1H3/b5-2+. The van der Waals surface area contributed by atoms with E-state index in [0.717, 1.165) is 0 Å². The maximum absolute atomic E-state index is 13.2. The number of anilines is 1. The van der Waals surface area contributed by atoms with Crippen LogP contribution in [0.1, 0.15) is 0 Å². The first-order chi connectivity index (χ1) is 6.77. The highest BCUT2D eigenvalue weighted by atomic mass is 35.5. The lowest BCUT2D eigenvalue weighted by Crippen LogP contribution is -2.00. The molecule has 0 heterocycles. The van der Waals surface area contributed by atoms with Gasteiger partial charge in [-0.15, -0.1) is 0 Å². The summed E-state index contributed by atoms with van der Waals surface area (Å²) < 4.78 is 18.1. The third kappa shape index (κ3) is 2.92. The zero-order valence-corrected chi connectivity index (χ0v) is 8.51. The monoisotopic (exact) mass is 215 g/mol. The SMILES string of the molecule is COc1ccc(F)c(NC/C=C/Cl)c1. The van der Waals surface area contributed by atoms with Crippen molar-refractivity contribution >= 4 is 17.3 Å². The second-order valence-electron chi connectivity index (χ2n) is 2.59. The van der Waals surface area contributed by atoms with E-state index in [0.29, 0.717) is 18.0 Å². The lowest BCUT2D eigenvalue weighted by atomic mass is 10.3. The molecule has 0 saturated heterocycles. The van der Waals surface area contributed by atoms with Gasteiger partial charge in [-0.2, -0.15) is 0 Å². The van der Waals surface area contributed by atoms with Crippen molar-refractivity contribution < 1.29 is 9.13 Å². The van der Waals surface area contributed by atoms with E-state index >= 15 is 0 Å². The molecule has 2 nitrogen and oxygen atoms in total. The van der Waals surface area contributed by atoms with Crippen molar-refractivity contribution in [1.29, 1.82) is 0 Å². The summed E-state index contributed by atoms with van der Waals surface area (Å²) in [6.45, 7) is 0.480. The molecule has 1 N–H and O–H groups in total. The molecule has 0 spiro atoms. The van der Waals surface area contributed by atoms with Crippen molar-refractivity contribution in [1.82, 2.24) is 0 Å². The Balaban J connectivity index is 2.73. The molecule has 0 bridgehead atoms. The first-order valence-electron chi connectivity index (χ1n) is 4.10. The minimum atomic E-state index is -0.311. The maximum Gasteiger partial charge on any atom is 0.146 e. The quantitative estimate of drug-likeness (QED) is 0.834. The zero-order chi connectivity index (χ0) is 10.4. The molecule has 0 fully saturated rings. The average Bonchev–Trinajstić information content (AvgIpc) is 2.21. The number of hydrogen-bond donors (Lipinski definition) is 1. The van der Waals surface area contributed by atoms with Gasteiger partial charge in [0.15, 0.2) is 0 Å². The van der Waals surface area contributed by atoms with Gasteiger partial charge in [-0.1, -0.05) is 17.7 Å². The van der Waals surface area contributed by atoms with E-state index < -0.39 is 0 Å². The number of nitrogens with one attached hydrogen (secondary N) is 1. The fourth-order valence-corrected chi connectivity index (χ4v) is 1.07. The Morgan fingerprint density at radius 3 is 3.00 bits per heavy atom. The molecule has 0 aromatic heterocycles. The highest BCUT2D eigenvalue weighted by Crippen LogP contribution is 2.20. The molecule has 0 amide bonds. The third-order valence-electron chi connectivity index (χ3n) is 1.67. The molecule has 0 unspecified atom stereocenters. The fraction of sp³-hybridized carbons (Fsp3) is 0.200. The topological polar surface area (TPSA) is 21.3 Å². The average molecular weight is 216 g/mol. The lowest BCUT2D eigenvalue weighted by Gasteiger charge is -2.06. The van der Waals surface area contributed by atoms with Gasteiger partial charge in [-0.3, -0.25) is 0 Å². The molecule has 0 aliphatic heterocycles. The van der Waals surface area contributed by atoms with Crippen LogP contribution in [-0.4, -0.2) is 13.7 Å². The van der Waals surface area contributed by atoms with Crippen LogP contribution in [0.25, 0.3) is 0 Å². The summed E-state index contributed by atoms with van der Waals surface area (Å²) >= 11 is 5.33. The Morgan fingerprint density at radius 2 is 2.36 bits per heavy atom. The van der Waals surface area contributed by atoms with Crippen LogP contribution in [0.3, 0.4) is 0 Å². The first-order valence-corrected chi connectivity index (χ1v) is 4.54. The first kappa shape index (κ1) is 10.9. The summed E-state index contributed by atoms with van der Waals surface area (Å²) in [6, 6.07) is 4.51. The molecular weight excluding hydrogens is 205 g/mol. The van der Waals surface area contributed by atoms with Crippen LogP contribution >= 0.6 is 11.6 Å². The lowest BCUT2D eigenvalue weighted by molar-refractivity contribution is 0.414. The summed E-state index contributed by atoms with van der Waals surface area (Å²) in [5.41, 5.74) is 1.78. The molecule has 14 heavy (non-hydrogen) atoms. The minimum absolute atomic E-state index is 0.311. The molecule has 0 aliphatic rings. The fourth-order valence-electron chi connectivity index (χ4n) is 0.980. The summed E-state index contributed by atoms with van der Waals surface area (Å²) in [6.07, 6.45) is 1.68. The van der Waals surface area contributed by atoms with Gasteiger partial charge in [0.2, 0.25) is 0 Å². The number of ether oxygens (including phenoxy) is 1. The molecule has 0 aliphatic carbocycles. The van der Waals surface area contributed by atoms with Gasteiger partial charge in [0.1, 0.15) is 11.6 Å². The summed E-state index contributed by atoms with van der Waals surface area (Å²) in [7, 11) is 1.54.